The predicted octanol–water partition coefficient (Wildman–Crippen LogP) is 7.10. The molecule has 4 aromatic rings. The van der Waals surface area contributed by atoms with Gasteiger partial charge in [-0.3, -0.25) is 9.59 Å². The number of hydrogen-bond donors (Lipinski definition) is 1. The Morgan fingerprint density at radius 1 is 0.952 bits per heavy atom. The van der Waals surface area contributed by atoms with Crippen LogP contribution in [0.1, 0.15) is 53.1 Å². The second-order valence-electron chi connectivity index (χ2n) is 10.1. The molecule has 0 saturated carbocycles. The van der Waals surface area contributed by atoms with E-state index in [1.54, 1.807) is 36.1 Å². The minimum Gasteiger partial charge on any atom is -0.466 e. The van der Waals surface area contributed by atoms with Gasteiger partial charge < -0.3 is 19.4 Å². The highest BCUT2D eigenvalue weighted by Crippen LogP contribution is 2.36. The van der Waals surface area contributed by atoms with Gasteiger partial charge in [-0.25, -0.2) is 0 Å². The number of carbonyl (C=O) groups is 2. The quantitative estimate of drug-likeness (QED) is 0.225. The lowest BCUT2D eigenvalue weighted by Gasteiger charge is -2.31. The summed E-state index contributed by atoms with van der Waals surface area (Å²) >= 11 is 0. The van der Waals surface area contributed by atoms with Gasteiger partial charge in [-0.05, 0) is 60.1 Å². The second kappa shape index (κ2) is 12.5. The molecule has 1 aliphatic rings. The molecule has 0 spiro atoms. The molecular weight excluding hydrogens is 547 g/mol. The fraction of sp³-hybridized carbons (Fsp3) is 0.281. The molecule has 1 amide bonds. The number of aromatic nitrogens is 1. The van der Waals surface area contributed by atoms with E-state index in [0.717, 1.165) is 29.5 Å². The summed E-state index contributed by atoms with van der Waals surface area (Å²) < 4.78 is 51.9. The maximum Gasteiger partial charge on any atom is 0.437 e. The van der Waals surface area contributed by atoms with Gasteiger partial charge in [-0.2, -0.15) is 18.2 Å². The Hall–Kier alpha value is -4.60. The van der Waals surface area contributed by atoms with Gasteiger partial charge >= 0.3 is 12.1 Å². The van der Waals surface area contributed by atoms with Gasteiger partial charge in [0.25, 0.3) is 11.9 Å². The first-order valence-corrected chi connectivity index (χ1v) is 13.8. The third kappa shape index (κ3) is 6.82. The molecule has 3 aromatic carbocycles. The summed E-state index contributed by atoms with van der Waals surface area (Å²) in [7, 11) is 0. The Morgan fingerprint density at radius 2 is 1.57 bits per heavy atom. The van der Waals surface area contributed by atoms with Gasteiger partial charge in [0, 0.05) is 18.8 Å². The molecular formula is C32H30F3N3O4. The van der Waals surface area contributed by atoms with E-state index in [1.165, 1.54) is 5.56 Å². The number of nitrogens with zero attached hydrogens (tertiary/aromatic N) is 2. The first kappa shape index (κ1) is 28.9. The summed E-state index contributed by atoms with van der Waals surface area (Å²) in [6, 6.07) is 23.8. The van der Waals surface area contributed by atoms with Crippen molar-refractivity contribution >= 4 is 23.6 Å². The number of benzene rings is 3. The van der Waals surface area contributed by atoms with Crippen molar-refractivity contribution in [2.75, 3.05) is 29.9 Å². The van der Waals surface area contributed by atoms with Gasteiger partial charge in [0.05, 0.1) is 13.0 Å². The van der Waals surface area contributed by atoms with E-state index in [9.17, 15) is 22.8 Å². The molecule has 42 heavy (non-hydrogen) atoms. The summed E-state index contributed by atoms with van der Waals surface area (Å²) in [5.41, 5.74) is 2.66. The van der Waals surface area contributed by atoms with Crippen LogP contribution in [0.15, 0.2) is 83.3 Å². The highest BCUT2D eigenvalue weighted by atomic mass is 19.4. The molecule has 10 heteroatoms. The molecule has 0 aliphatic carbocycles. The molecule has 1 fully saturated rings. The molecule has 0 bridgehead atoms. The Balaban J connectivity index is 1.25. The zero-order valence-electron chi connectivity index (χ0n) is 23.0. The zero-order valence-corrected chi connectivity index (χ0v) is 23.0. The number of carbonyl (C=O) groups excluding carboxylic acids is 2. The van der Waals surface area contributed by atoms with Crippen molar-refractivity contribution in [2.24, 2.45) is 0 Å². The molecule has 7 nitrogen and oxygen atoms in total. The minimum absolute atomic E-state index is 0.175. The largest absolute Gasteiger partial charge is 0.466 e. The number of piperidine rings is 1. The van der Waals surface area contributed by atoms with Crippen LogP contribution in [0.25, 0.3) is 11.1 Å². The lowest BCUT2D eigenvalue weighted by atomic mass is 9.90. The number of amides is 1. The van der Waals surface area contributed by atoms with E-state index in [0.29, 0.717) is 31.3 Å². The Bertz CT molecular complexity index is 1510. The summed E-state index contributed by atoms with van der Waals surface area (Å²) in [4.78, 5) is 30.0. The standard InChI is InChI=1S/C32H30F3N3O4/c1-2-41-27(39)20-21-8-10-23(11-9-21)24-12-14-26(15-13-24)36-30(40)28-29(32(33,34)35)37-31(42-28)38-18-16-25(17-19-38)22-6-4-3-5-7-22/h3-15,25H,2,16-20H2,1H3,(H,36,40). The van der Waals surface area contributed by atoms with Crippen molar-refractivity contribution < 1.29 is 31.9 Å². The Morgan fingerprint density at radius 3 is 2.17 bits per heavy atom. The summed E-state index contributed by atoms with van der Waals surface area (Å²) in [6.45, 7) is 3.00. The van der Waals surface area contributed by atoms with Crippen molar-refractivity contribution in [1.29, 1.82) is 0 Å². The van der Waals surface area contributed by atoms with Gasteiger partial charge in [-0.1, -0.05) is 66.7 Å². The van der Waals surface area contributed by atoms with Gasteiger partial charge in [-0.15, -0.1) is 0 Å². The minimum atomic E-state index is -4.86. The summed E-state index contributed by atoms with van der Waals surface area (Å²) in [5.74, 6) is -1.90. The van der Waals surface area contributed by atoms with Crippen LogP contribution < -0.4 is 10.2 Å². The molecule has 0 radical (unpaired) electrons. The van der Waals surface area contributed by atoms with Crippen LogP contribution in [-0.4, -0.2) is 36.6 Å². The maximum absolute atomic E-state index is 13.8. The number of ether oxygens (including phenoxy) is 1. The lowest BCUT2D eigenvalue weighted by Crippen LogP contribution is -2.33. The van der Waals surface area contributed by atoms with Gasteiger partial charge in [0.15, 0.2) is 5.69 Å². The predicted molar refractivity (Wildman–Crippen MR) is 152 cm³/mol. The smallest absolute Gasteiger partial charge is 0.437 e. The van der Waals surface area contributed by atoms with Crippen LogP contribution in [0.4, 0.5) is 24.9 Å². The van der Waals surface area contributed by atoms with Crippen LogP contribution in [-0.2, 0) is 22.1 Å². The monoisotopic (exact) mass is 577 g/mol. The van der Waals surface area contributed by atoms with Crippen molar-refractivity contribution in [1.82, 2.24) is 4.98 Å². The first-order chi connectivity index (χ1) is 20.2. The molecule has 0 atom stereocenters. The molecule has 0 unspecified atom stereocenters. The zero-order chi connectivity index (χ0) is 29.7. The highest BCUT2D eigenvalue weighted by molar-refractivity contribution is 6.03. The fourth-order valence-electron chi connectivity index (χ4n) is 5.05. The summed E-state index contributed by atoms with van der Waals surface area (Å²) in [5, 5.41) is 2.49. The molecule has 1 aliphatic heterocycles. The van der Waals surface area contributed by atoms with Crippen molar-refractivity contribution in [3.05, 3.63) is 101 Å². The average molecular weight is 578 g/mol. The topological polar surface area (TPSA) is 84.7 Å². The van der Waals surface area contributed by atoms with Crippen LogP contribution in [0.3, 0.4) is 0 Å². The van der Waals surface area contributed by atoms with Crippen LogP contribution in [0.5, 0.6) is 0 Å². The highest BCUT2D eigenvalue weighted by Gasteiger charge is 2.42. The van der Waals surface area contributed by atoms with E-state index in [1.807, 2.05) is 54.6 Å². The van der Waals surface area contributed by atoms with Crippen molar-refractivity contribution in [3.8, 4) is 11.1 Å². The SMILES string of the molecule is CCOC(=O)Cc1ccc(-c2ccc(NC(=O)c3oc(N4CCC(c5ccccc5)CC4)nc3C(F)(F)F)cc2)cc1. The van der Waals surface area contributed by atoms with Crippen molar-refractivity contribution in [3.63, 3.8) is 0 Å². The number of esters is 1. The fourth-order valence-corrected chi connectivity index (χ4v) is 5.05. The average Bonchev–Trinajstić information content (AvgIpc) is 3.46. The van der Waals surface area contributed by atoms with E-state index < -0.39 is 23.5 Å². The Labute approximate surface area is 241 Å². The first-order valence-electron chi connectivity index (χ1n) is 13.8. The molecule has 1 N–H and O–H groups in total. The van der Waals surface area contributed by atoms with Gasteiger partial charge in [0.2, 0.25) is 5.76 Å². The number of anilines is 2. The van der Waals surface area contributed by atoms with E-state index in [2.05, 4.69) is 10.3 Å². The third-order valence-corrected chi connectivity index (χ3v) is 7.21. The molecule has 218 valence electrons. The number of alkyl halides is 3. The summed E-state index contributed by atoms with van der Waals surface area (Å²) in [6.07, 6.45) is -3.22. The van der Waals surface area contributed by atoms with E-state index in [4.69, 9.17) is 9.15 Å². The number of hydrogen-bond acceptors (Lipinski definition) is 6. The van der Waals surface area contributed by atoms with Gasteiger partial charge in [0.1, 0.15) is 0 Å². The lowest BCUT2D eigenvalue weighted by molar-refractivity contribution is -0.142. The number of halogens is 3. The molecule has 5 rings (SSSR count). The maximum atomic E-state index is 13.8. The molecule has 2 heterocycles. The van der Waals surface area contributed by atoms with Crippen LogP contribution in [0.2, 0.25) is 0 Å². The van der Waals surface area contributed by atoms with E-state index >= 15 is 0 Å². The van der Waals surface area contributed by atoms with Crippen LogP contribution in [0, 0.1) is 0 Å². The molecule has 1 saturated heterocycles. The number of nitrogens with one attached hydrogen (secondary N) is 1. The molecule has 1 aromatic heterocycles. The third-order valence-electron chi connectivity index (χ3n) is 7.21. The Kier molecular flexibility index (Phi) is 8.61. The number of rotatable bonds is 8. The van der Waals surface area contributed by atoms with Crippen LogP contribution >= 0.6 is 0 Å². The normalized spacial score (nSPS) is 14.0. The second-order valence-corrected chi connectivity index (χ2v) is 10.1. The van der Waals surface area contributed by atoms with Crippen molar-refractivity contribution in [2.45, 2.75) is 38.3 Å². The number of oxazole rings is 1. The van der Waals surface area contributed by atoms with E-state index in [-0.39, 0.29) is 18.4 Å².